The molecule has 0 N–H and O–H groups in total. The van der Waals surface area contributed by atoms with Crippen LogP contribution in [0.5, 0.6) is 0 Å². The van der Waals surface area contributed by atoms with Crippen LogP contribution in [0, 0.1) is 23.1 Å². The molecule has 1 saturated heterocycles. The summed E-state index contributed by atoms with van der Waals surface area (Å²) in [4.78, 5) is 31.4. The number of methoxy groups -OCH3 is 1. The molecule has 9 nitrogen and oxygen atoms in total. The van der Waals surface area contributed by atoms with Gasteiger partial charge in [-0.25, -0.2) is 14.2 Å². The van der Waals surface area contributed by atoms with Gasteiger partial charge in [0.15, 0.2) is 5.82 Å². The van der Waals surface area contributed by atoms with Crippen LogP contribution < -0.4 is 10.6 Å². The Labute approximate surface area is 233 Å². The van der Waals surface area contributed by atoms with Gasteiger partial charge in [0.2, 0.25) is 5.90 Å². The first-order valence-corrected chi connectivity index (χ1v) is 14.0. The van der Waals surface area contributed by atoms with Crippen LogP contribution in [0.3, 0.4) is 0 Å². The number of rotatable bonds is 8. The van der Waals surface area contributed by atoms with E-state index in [0.29, 0.717) is 41.8 Å². The molecule has 3 atom stereocenters. The number of hydrogen-bond donors (Lipinski definition) is 0. The van der Waals surface area contributed by atoms with Crippen LogP contribution in [0.1, 0.15) is 56.8 Å². The second-order valence-corrected chi connectivity index (χ2v) is 10.7. The molecule has 1 aromatic carbocycles. The lowest BCUT2D eigenvalue weighted by Gasteiger charge is -2.49. The fourth-order valence-corrected chi connectivity index (χ4v) is 5.63. The molecule has 1 saturated carbocycles. The predicted octanol–water partition coefficient (Wildman–Crippen LogP) is 4.21. The van der Waals surface area contributed by atoms with Crippen LogP contribution in [0.2, 0.25) is 0 Å². The zero-order chi connectivity index (χ0) is 28.4. The standard InChI is InChI=1S/C30H36FN7O2/c1-5-23-18-38(28-26-25(36(3)30(39)35-28)14-13-22(15-32)34-26)24(6-2)17-37(23)27(20-9-11-21(31)12-10-20)29(40-4)33-16-19-7-8-19/h9-14,19,23-24,27H,5-8,16-18H2,1-4H3/b33-29-/t23-,24?,27?/m1/s1. The fourth-order valence-electron chi connectivity index (χ4n) is 5.63. The highest BCUT2D eigenvalue weighted by molar-refractivity contribution is 5.87. The molecule has 2 unspecified atom stereocenters. The maximum absolute atomic E-state index is 13.9. The van der Waals surface area contributed by atoms with Gasteiger partial charge in [0.05, 0.1) is 12.6 Å². The van der Waals surface area contributed by atoms with E-state index < -0.39 is 0 Å². The molecule has 0 amide bonds. The van der Waals surface area contributed by atoms with E-state index in [4.69, 9.17) is 9.73 Å². The zero-order valence-electron chi connectivity index (χ0n) is 23.5. The third-order valence-corrected chi connectivity index (χ3v) is 8.17. The Morgan fingerprint density at radius 2 is 1.85 bits per heavy atom. The van der Waals surface area contributed by atoms with Gasteiger partial charge in [-0.05, 0) is 61.4 Å². The van der Waals surface area contributed by atoms with Gasteiger partial charge >= 0.3 is 5.69 Å². The maximum Gasteiger partial charge on any atom is 0.349 e. The summed E-state index contributed by atoms with van der Waals surface area (Å²) in [5.41, 5.74) is 2.02. The minimum atomic E-state index is -0.364. The summed E-state index contributed by atoms with van der Waals surface area (Å²) in [6.07, 6.45) is 3.99. The van der Waals surface area contributed by atoms with E-state index in [9.17, 15) is 14.4 Å². The molecule has 1 aliphatic carbocycles. The lowest BCUT2D eigenvalue weighted by Crippen LogP contribution is -2.60. The number of anilines is 1. The molecule has 2 aliphatic rings. The van der Waals surface area contributed by atoms with E-state index >= 15 is 0 Å². The molecule has 0 radical (unpaired) electrons. The van der Waals surface area contributed by atoms with Crippen molar-refractivity contribution in [1.82, 2.24) is 19.4 Å². The Hall–Kier alpha value is -3.84. The molecule has 2 fully saturated rings. The maximum atomic E-state index is 13.9. The molecular formula is C30H36FN7O2. The minimum Gasteiger partial charge on any atom is -0.483 e. The first-order chi connectivity index (χ1) is 19.4. The molecule has 0 bridgehead atoms. The van der Waals surface area contributed by atoms with Crippen molar-refractivity contribution in [3.8, 4) is 6.07 Å². The van der Waals surface area contributed by atoms with Gasteiger partial charge in [0, 0.05) is 38.8 Å². The Bertz CT molecular complexity index is 1490. The molecule has 210 valence electrons. The van der Waals surface area contributed by atoms with Gasteiger partial charge in [-0.15, -0.1) is 0 Å². The molecule has 5 rings (SSSR count). The first-order valence-electron chi connectivity index (χ1n) is 14.0. The van der Waals surface area contributed by atoms with E-state index in [2.05, 4.69) is 39.7 Å². The summed E-state index contributed by atoms with van der Waals surface area (Å²) in [6.45, 7) is 6.23. The zero-order valence-corrected chi connectivity index (χ0v) is 23.5. The molecular weight excluding hydrogens is 509 g/mol. The highest BCUT2D eigenvalue weighted by Crippen LogP contribution is 2.35. The van der Waals surface area contributed by atoms with Crippen LogP contribution in [0.15, 0.2) is 46.2 Å². The highest BCUT2D eigenvalue weighted by atomic mass is 19.1. The number of nitriles is 1. The number of nitrogens with zero attached hydrogens (tertiary/aromatic N) is 7. The summed E-state index contributed by atoms with van der Waals surface area (Å²) in [7, 11) is 3.32. The number of fused-ring (bicyclic) bond motifs is 1. The quantitative estimate of drug-likeness (QED) is 0.309. The van der Waals surface area contributed by atoms with E-state index in [0.717, 1.165) is 24.9 Å². The highest BCUT2D eigenvalue weighted by Gasteiger charge is 2.40. The molecule has 3 aromatic rings. The SMILES string of the molecule is CCC1CN(C(/C(=N/CC2CC2)OC)c2ccc(F)cc2)[C@H](CC)CN1c1nc(=O)n(C)c2ccc(C#N)nc12. The normalized spacial score (nSPS) is 20.9. The second kappa shape index (κ2) is 11.7. The fraction of sp³-hybridized carbons (Fsp3) is 0.500. The van der Waals surface area contributed by atoms with Gasteiger partial charge in [-0.3, -0.25) is 14.5 Å². The largest absolute Gasteiger partial charge is 0.483 e. The number of piperazine rings is 1. The number of benzene rings is 1. The summed E-state index contributed by atoms with van der Waals surface area (Å²) in [6, 6.07) is 11.9. The van der Waals surface area contributed by atoms with Crippen LogP contribution in [-0.4, -0.2) is 64.2 Å². The topological polar surface area (TPSA) is 99.6 Å². The summed E-state index contributed by atoms with van der Waals surface area (Å²) in [5, 5.41) is 9.51. The van der Waals surface area contributed by atoms with Crippen LogP contribution in [0.25, 0.3) is 11.0 Å². The van der Waals surface area contributed by atoms with Crippen molar-refractivity contribution in [3.05, 3.63) is 64.0 Å². The average Bonchev–Trinajstić information content (AvgIpc) is 3.81. The van der Waals surface area contributed by atoms with Gasteiger partial charge in [-0.2, -0.15) is 10.2 Å². The Morgan fingerprint density at radius 3 is 2.48 bits per heavy atom. The predicted molar refractivity (Wildman–Crippen MR) is 153 cm³/mol. The monoisotopic (exact) mass is 545 g/mol. The third kappa shape index (κ3) is 5.43. The van der Waals surface area contributed by atoms with E-state index in [1.807, 2.05) is 12.1 Å². The second-order valence-electron chi connectivity index (χ2n) is 10.7. The van der Waals surface area contributed by atoms with Crippen molar-refractivity contribution >= 4 is 22.7 Å². The summed E-state index contributed by atoms with van der Waals surface area (Å²) in [5.74, 6) is 1.46. The number of hydrogen-bond acceptors (Lipinski definition) is 8. The molecule has 2 aromatic heterocycles. The smallest absolute Gasteiger partial charge is 0.349 e. The number of aliphatic imine (C=N–C) groups is 1. The number of pyridine rings is 1. The van der Waals surface area contributed by atoms with Gasteiger partial charge < -0.3 is 9.64 Å². The molecule has 1 aliphatic heterocycles. The van der Waals surface area contributed by atoms with E-state index in [1.54, 1.807) is 26.3 Å². The van der Waals surface area contributed by atoms with Gasteiger partial charge in [0.25, 0.3) is 0 Å². The Balaban J connectivity index is 1.57. The van der Waals surface area contributed by atoms with Crippen molar-refractivity contribution in [2.45, 2.75) is 57.7 Å². The Morgan fingerprint density at radius 1 is 1.12 bits per heavy atom. The number of ether oxygens (including phenoxy) is 1. The van der Waals surface area contributed by atoms with Crippen LogP contribution in [0.4, 0.5) is 10.2 Å². The number of aromatic nitrogens is 3. The summed E-state index contributed by atoms with van der Waals surface area (Å²) >= 11 is 0. The van der Waals surface area contributed by atoms with Crippen molar-refractivity contribution in [1.29, 1.82) is 5.26 Å². The minimum absolute atomic E-state index is 0.00244. The lowest BCUT2D eigenvalue weighted by molar-refractivity contribution is 0.110. The molecule has 0 spiro atoms. The van der Waals surface area contributed by atoms with Crippen LogP contribution >= 0.6 is 0 Å². The average molecular weight is 546 g/mol. The third-order valence-electron chi connectivity index (χ3n) is 8.17. The lowest BCUT2D eigenvalue weighted by atomic mass is 9.95. The number of aryl methyl sites for hydroxylation is 1. The van der Waals surface area contributed by atoms with Crippen molar-refractivity contribution < 1.29 is 9.13 Å². The van der Waals surface area contributed by atoms with E-state index in [-0.39, 0.29) is 35.3 Å². The molecule has 40 heavy (non-hydrogen) atoms. The molecule has 3 heterocycles. The summed E-state index contributed by atoms with van der Waals surface area (Å²) < 4.78 is 21.3. The Kier molecular flexibility index (Phi) is 8.12. The van der Waals surface area contributed by atoms with Crippen molar-refractivity contribution in [2.24, 2.45) is 18.0 Å². The number of halogens is 1. The molecule has 10 heteroatoms. The van der Waals surface area contributed by atoms with Gasteiger partial charge in [0.1, 0.15) is 29.1 Å². The van der Waals surface area contributed by atoms with Crippen LogP contribution in [-0.2, 0) is 11.8 Å². The van der Waals surface area contributed by atoms with Crippen molar-refractivity contribution in [3.63, 3.8) is 0 Å². The van der Waals surface area contributed by atoms with Crippen molar-refractivity contribution in [2.75, 3.05) is 31.6 Å². The first kappa shape index (κ1) is 27.7. The van der Waals surface area contributed by atoms with E-state index in [1.165, 1.54) is 29.5 Å². The van der Waals surface area contributed by atoms with Gasteiger partial charge in [-0.1, -0.05) is 26.0 Å².